The van der Waals surface area contributed by atoms with Crippen molar-refractivity contribution in [3.8, 4) is 0 Å². The van der Waals surface area contributed by atoms with Gasteiger partial charge in [0.25, 0.3) is 0 Å². The number of ether oxygens (including phenoxy) is 1. The first-order valence-corrected chi connectivity index (χ1v) is 7.47. The number of benzene rings is 1. The molecule has 1 amide bonds. The predicted octanol–water partition coefficient (Wildman–Crippen LogP) is 3.23. The van der Waals surface area contributed by atoms with E-state index in [0.29, 0.717) is 12.3 Å². The van der Waals surface area contributed by atoms with Gasteiger partial charge in [0.15, 0.2) is 6.54 Å². The Labute approximate surface area is 130 Å². The van der Waals surface area contributed by atoms with E-state index in [0.717, 1.165) is 24.8 Å². The van der Waals surface area contributed by atoms with Crippen LogP contribution in [0.25, 0.3) is 0 Å². The Bertz CT molecular complexity index is 499. The Hall–Kier alpha value is -2.24. The lowest BCUT2D eigenvalue weighted by Crippen LogP contribution is -2.17. The third-order valence-electron chi connectivity index (χ3n) is 3.22. The molecule has 6 heteroatoms. The number of anilines is 1. The highest BCUT2D eigenvalue weighted by Crippen LogP contribution is 2.25. The minimum absolute atomic E-state index is 0.224. The molecule has 6 nitrogen and oxygen atoms in total. The number of hydrogen-bond donors (Lipinski definition) is 1. The fraction of sp³-hybridized carbons (Fsp3) is 0.500. The summed E-state index contributed by atoms with van der Waals surface area (Å²) in [6.45, 7) is 3.80. The van der Waals surface area contributed by atoms with E-state index in [1.807, 2.05) is 0 Å². The highest BCUT2D eigenvalue weighted by atomic mass is 16.5. The molecule has 0 fully saturated rings. The summed E-state index contributed by atoms with van der Waals surface area (Å²) in [6, 6.07) is 6.99. The van der Waals surface area contributed by atoms with Crippen molar-refractivity contribution in [1.29, 1.82) is 0 Å². The first kappa shape index (κ1) is 17.8. The maximum Gasteiger partial charge on any atom is 0.313 e. The molecule has 120 valence electrons. The fourth-order valence-electron chi connectivity index (χ4n) is 2.13. The van der Waals surface area contributed by atoms with Crippen LogP contribution in [0.3, 0.4) is 0 Å². The van der Waals surface area contributed by atoms with Crippen molar-refractivity contribution in [2.45, 2.75) is 39.0 Å². The number of carbonyl (C=O) groups excluding carboxylic acids is 2. The molecular weight excluding hydrogens is 284 g/mol. The molecule has 0 aliphatic heterocycles. The molecule has 0 saturated carbocycles. The lowest BCUT2D eigenvalue weighted by atomic mass is 9.93. The molecule has 0 heterocycles. The number of hydrogen-bond acceptors (Lipinski definition) is 5. The van der Waals surface area contributed by atoms with Gasteiger partial charge < -0.3 is 10.1 Å². The molecule has 0 saturated heterocycles. The first-order chi connectivity index (χ1) is 10.6. The van der Waals surface area contributed by atoms with Crippen LogP contribution in [0.5, 0.6) is 0 Å². The average molecular weight is 306 g/mol. The Morgan fingerprint density at radius 3 is 2.45 bits per heavy atom. The Morgan fingerprint density at radius 2 is 1.91 bits per heavy atom. The molecule has 1 N–H and O–H groups in total. The van der Waals surface area contributed by atoms with E-state index in [9.17, 15) is 14.5 Å². The van der Waals surface area contributed by atoms with Crippen LogP contribution in [0.4, 0.5) is 5.69 Å². The Kier molecular flexibility index (Phi) is 7.81. The van der Waals surface area contributed by atoms with Crippen LogP contribution in [0, 0.1) is 4.91 Å². The fourth-order valence-corrected chi connectivity index (χ4v) is 2.13. The number of rotatable bonds is 9. The summed E-state index contributed by atoms with van der Waals surface area (Å²) < 4.78 is 5.13. The normalized spacial score (nSPS) is 11.5. The molecule has 0 aliphatic rings. The van der Waals surface area contributed by atoms with Gasteiger partial charge >= 0.3 is 5.97 Å². The lowest BCUT2D eigenvalue weighted by Gasteiger charge is -2.16. The number of unbranched alkanes of at least 4 members (excludes halogenated alkanes) is 1. The lowest BCUT2D eigenvalue weighted by molar-refractivity contribution is -0.145. The summed E-state index contributed by atoms with van der Waals surface area (Å²) in [5.74, 6) is -0.977. The van der Waals surface area contributed by atoms with Crippen molar-refractivity contribution in [3.05, 3.63) is 34.7 Å². The van der Waals surface area contributed by atoms with Gasteiger partial charge in [0, 0.05) is 5.69 Å². The summed E-state index contributed by atoms with van der Waals surface area (Å²) >= 11 is 0. The van der Waals surface area contributed by atoms with E-state index in [4.69, 9.17) is 4.74 Å². The molecule has 22 heavy (non-hydrogen) atoms. The molecule has 1 aromatic rings. The second kappa shape index (κ2) is 9.65. The van der Waals surface area contributed by atoms with E-state index in [2.05, 4.69) is 17.4 Å². The maximum absolute atomic E-state index is 12.1. The number of nitrogens with zero attached hydrogens (tertiary/aromatic N) is 1. The second-order valence-electron chi connectivity index (χ2n) is 4.90. The Morgan fingerprint density at radius 1 is 1.23 bits per heavy atom. The van der Waals surface area contributed by atoms with Gasteiger partial charge in [0.05, 0.1) is 12.5 Å². The molecule has 0 spiro atoms. The number of carbonyl (C=O) groups is 2. The Balaban J connectivity index is 2.80. The molecule has 0 radical (unpaired) electrons. The van der Waals surface area contributed by atoms with Gasteiger partial charge in [-0.1, -0.05) is 37.1 Å². The number of esters is 1. The van der Waals surface area contributed by atoms with Gasteiger partial charge in [0.1, 0.15) is 0 Å². The van der Waals surface area contributed by atoms with Crippen molar-refractivity contribution in [3.63, 3.8) is 0 Å². The van der Waals surface area contributed by atoms with Crippen molar-refractivity contribution in [2.24, 2.45) is 5.18 Å². The van der Waals surface area contributed by atoms with Crippen molar-refractivity contribution in [1.82, 2.24) is 0 Å². The average Bonchev–Trinajstić information content (AvgIpc) is 2.50. The molecule has 1 aromatic carbocycles. The van der Waals surface area contributed by atoms with Crippen LogP contribution < -0.4 is 5.32 Å². The third kappa shape index (κ3) is 5.63. The summed E-state index contributed by atoms with van der Waals surface area (Å²) in [4.78, 5) is 33.4. The molecule has 1 atom stereocenters. The number of nitroso groups, excluding NO2 is 1. The van der Waals surface area contributed by atoms with Gasteiger partial charge in [-0.3, -0.25) is 9.59 Å². The molecule has 1 unspecified atom stereocenters. The van der Waals surface area contributed by atoms with Gasteiger partial charge in [-0.05, 0) is 31.0 Å². The van der Waals surface area contributed by atoms with Crippen LogP contribution in [0.15, 0.2) is 29.4 Å². The zero-order chi connectivity index (χ0) is 16.4. The van der Waals surface area contributed by atoms with Crippen LogP contribution in [-0.4, -0.2) is 25.0 Å². The maximum atomic E-state index is 12.1. The van der Waals surface area contributed by atoms with Gasteiger partial charge in [-0.2, -0.15) is 4.91 Å². The van der Waals surface area contributed by atoms with E-state index >= 15 is 0 Å². The zero-order valence-corrected chi connectivity index (χ0v) is 13.0. The molecule has 0 aromatic heterocycles. The van der Waals surface area contributed by atoms with Crippen LogP contribution in [0.1, 0.15) is 44.6 Å². The predicted molar refractivity (Wildman–Crippen MR) is 84.6 cm³/mol. The monoisotopic (exact) mass is 306 g/mol. The van der Waals surface area contributed by atoms with E-state index in [-0.39, 0.29) is 11.9 Å². The van der Waals surface area contributed by atoms with Gasteiger partial charge in [0.2, 0.25) is 5.91 Å². The van der Waals surface area contributed by atoms with Crippen LogP contribution in [0.2, 0.25) is 0 Å². The largest absolute Gasteiger partial charge is 0.466 e. The van der Waals surface area contributed by atoms with Gasteiger partial charge in [-0.25, -0.2) is 0 Å². The number of amides is 1. The molecule has 0 bridgehead atoms. The van der Waals surface area contributed by atoms with E-state index < -0.39 is 12.5 Å². The minimum Gasteiger partial charge on any atom is -0.466 e. The molecule has 0 aliphatic carbocycles. The first-order valence-electron chi connectivity index (χ1n) is 7.47. The second-order valence-corrected chi connectivity index (χ2v) is 4.90. The highest BCUT2D eigenvalue weighted by molar-refractivity contribution is 5.92. The van der Waals surface area contributed by atoms with Crippen molar-refractivity contribution >= 4 is 17.6 Å². The zero-order valence-electron chi connectivity index (χ0n) is 13.0. The van der Waals surface area contributed by atoms with E-state index in [1.165, 1.54) is 0 Å². The van der Waals surface area contributed by atoms with E-state index in [1.54, 1.807) is 31.2 Å². The highest BCUT2D eigenvalue weighted by Gasteiger charge is 2.21. The molecule has 1 rings (SSSR count). The minimum atomic E-state index is -0.462. The summed E-state index contributed by atoms with van der Waals surface area (Å²) in [6.07, 6.45) is 2.67. The quantitative estimate of drug-likeness (QED) is 0.560. The van der Waals surface area contributed by atoms with Gasteiger partial charge in [-0.15, -0.1) is 0 Å². The van der Waals surface area contributed by atoms with Crippen molar-refractivity contribution < 1.29 is 14.3 Å². The standard InChI is InChI=1S/C16H22N2O4/c1-3-5-6-14(16(20)22-4-2)12-7-9-13(10-8-12)18-15(19)11-17-21/h7-10,14H,3-6,11H2,1-2H3,(H,18,19). The smallest absolute Gasteiger partial charge is 0.313 e. The third-order valence-corrected chi connectivity index (χ3v) is 3.22. The van der Waals surface area contributed by atoms with Crippen molar-refractivity contribution in [2.75, 3.05) is 18.5 Å². The molecular formula is C16H22N2O4. The topological polar surface area (TPSA) is 84.8 Å². The summed E-state index contributed by atoms with van der Waals surface area (Å²) in [5.41, 5.74) is 1.42. The SMILES string of the molecule is CCCCC(C(=O)OCC)c1ccc(NC(=O)CN=O)cc1. The summed E-state index contributed by atoms with van der Waals surface area (Å²) in [7, 11) is 0. The van der Waals surface area contributed by atoms with Crippen LogP contribution in [-0.2, 0) is 14.3 Å². The number of nitrogens with one attached hydrogen (secondary N) is 1. The summed E-state index contributed by atoms with van der Waals surface area (Å²) in [5, 5.41) is 5.09. The van der Waals surface area contributed by atoms with Crippen LogP contribution >= 0.6 is 0 Å².